The molecule has 120 valence electrons. The molecule has 0 N–H and O–H groups in total. The third-order valence-electron chi connectivity index (χ3n) is 3.52. The molecular formula is C16H11BrClF2NO2. The molecule has 0 atom stereocenters. The van der Waals surface area contributed by atoms with E-state index in [-0.39, 0.29) is 11.7 Å². The first-order valence-corrected chi connectivity index (χ1v) is 7.92. The van der Waals surface area contributed by atoms with Crippen LogP contribution in [0.2, 0.25) is 5.02 Å². The standard InChI is InChI=1S/C16H11BrClF2NO2/c17-11-5-10-8-21(15(22)14(10)13(18)6-11)7-9-1-3-12(4-2-9)23-16(19)20/h1-6,16H,7-8H2. The van der Waals surface area contributed by atoms with Crippen molar-refractivity contribution in [2.24, 2.45) is 0 Å². The van der Waals surface area contributed by atoms with Crippen LogP contribution in [0.15, 0.2) is 40.9 Å². The Bertz CT molecular complexity index is 752. The molecular weight excluding hydrogens is 392 g/mol. The molecule has 1 aliphatic heterocycles. The average Bonchev–Trinajstić information content (AvgIpc) is 2.76. The number of hydrogen-bond donors (Lipinski definition) is 0. The van der Waals surface area contributed by atoms with Crippen LogP contribution < -0.4 is 4.74 Å². The third-order valence-corrected chi connectivity index (χ3v) is 4.28. The number of carbonyl (C=O) groups excluding carboxylic acids is 1. The number of halogens is 4. The average molecular weight is 403 g/mol. The third kappa shape index (κ3) is 3.48. The fourth-order valence-electron chi connectivity index (χ4n) is 2.55. The Morgan fingerprint density at radius 3 is 2.61 bits per heavy atom. The largest absolute Gasteiger partial charge is 0.435 e. The maximum Gasteiger partial charge on any atom is 0.387 e. The van der Waals surface area contributed by atoms with Crippen molar-refractivity contribution in [2.75, 3.05) is 0 Å². The van der Waals surface area contributed by atoms with E-state index in [9.17, 15) is 13.6 Å². The van der Waals surface area contributed by atoms with Gasteiger partial charge in [0, 0.05) is 17.6 Å². The maximum absolute atomic E-state index is 12.4. The highest BCUT2D eigenvalue weighted by Crippen LogP contribution is 2.33. The number of fused-ring (bicyclic) bond motifs is 1. The Hall–Kier alpha value is -1.66. The van der Waals surface area contributed by atoms with Gasteiger partial charge in [0.15, 0.2) is 0 Å². The zero-order valence-corrected chi connectivity index (χ0v) is 14.1. The second kappa shape index (κ2) is 6.45. The van der Waals surface area contributed by atoms with Crippen LogP contribution in [0.3, 0.4) is 0 Å². The topological polar surface area (TPSA) is 29.5 Å². The van der Waals surface area contributed by atoms with Crippen molar-refractivity contribution in [2.45, 2.75) is 19.7 Å². The SMILES string of the molecule is O=C1c2c(Cl)cc(Br)cc2CN1Cc1ccc(OC(F)F)cc1. The van der Waals surface area contributed by atoms with E-state index in [1.165, 1.54) is 12.1 Å². The quantitative estimate of drug-likeness (QED) is 0.731. The maximum atomic E-state index is 12.4. The number of rotatable bonds is 4. The molecule has 0 saturated carbocycles. The van der Waals surface area contributed by atoms with Gasteiger partial charge in [-0.15, -0.1) is 0 Å². The molecule has 0 radical (unpaired) electrons. The predicted octanol–water partition coefficient (Wildman–Crippen LogP) is 4.86. The van der Waals surface area contributed by atoms with Crippen LogP contribution in [0.5, 0.6) is 5.75 Å². The molecule has 1 heterocycles. The Kier molecular flexibility index (Phi) is 4.55. The Labute approximate surface area is 144 Å². The van der Waals surface area contributed by atoms with E-state index in [1.807, 2.05) is 6.07 Å². The van der Waals surface area contributed by atoms with Gasteiger partial charge in [-0.3, -0.25) is 4.79 Å². The molecule has 23 heavy (non-hydrogen) atoms. The highest BCUT2D eigenvalue weighted by atomic mass is 79.9. The highest BCUT2D eigenvalue weighted by molar-refractivity contribution is 9.10. The van der Waals surface area contributed by atoms with Gasteiger partial charge >= 0.3 is 6.61 Å². The van der Waals surface area contributed by atoms with Crippen LogP contribution in [0, 0.1) is 0 Å². The number of alkyl halides is 2. The summed E-state index contributed by atoms with van der Waals surface area (Å²) >= 11 is 9.50. The molecule has 1 aliphatic rings. The van der Waals surface area contributed by atoms with Crippen LogP contribution >= 0.6 is 27.5 Å². The second-order valence-corrected chi connectivity index (χ2v) is 6.43. The highest BCUT2D eigenvalue weighted by Gasteiger charge is 2.30. The number of benzene rings is 2. The summed E-state index contributed by atoms with van der Waals surface area (Å²) in [7, 11) is 0. The van der Waals surface area contributed by atoms with Crippen LogP contribution in [-0.4, -0.2) is 17.4 Å². The Morgan fingerprint density at radius 2 is 1.96 bits per heavy atom. The fraction of sp³-hybridized carbons (Fsp3) is 0.188. The Morgan fingerprint density at radius 1 is 1.26 bits per heavy atom. The number of carbonyl (C=O) groups is 1. The molecule has 0 fully saturated rings. The van der Waals surface area contributed by atoms with Crippen LogP contribution in [0.4, 0.5) is 8.78 Å². The fourth-order valence-corrected chi connectivity index (χ4v) is 3.51. The molecule has 0 aliphatic carbocycles. The zero-order valence-electron chi connectivity index (χ0n) is 11.7. The van der Waals surface area contributed by atoms with Crippen molar-refractivity contribution in [3.63, 3.8) is 0 Å². The first-order chi connectivity index (χ1) is 10.9. The van der Waals surface area contributed by atoms with Gasteiger partial charge < -0.3 is 9.64 Å². The summed E-state index contributed by atoms with van der Waals surface area (Å²) in [5.74, 6) is -0.0443. The van der Waals surface area contributed by atoms with Crippen molar-refractivity contribution in [3.05, 3.63) is 62.6 Å². The smallest absolute Gasteiger partial charge is 0.387 e. The van der Waals surface area contributed by atoms with Crippen molar-refractivity contribution < 1.29 is 18.3 Å². The first kappa shape index (κ1) is 16.2. The summed E-state index contributed by atoms with van der Waals surface area (Å²) in [5, 5.41) is 0.419. The lowest BCUT2D eigenvalue weighted by Gasteiger charge is -2.16. The van der Waals surface area contributed by atoms with Crippen LogP contribution in [-0.2, 0) is 13.1 Å². The summed E-state index contributed by atoms with van der Waals surface area (Å²) in [4.78, 5) is 14.1. The molecule has 0 bridgehead atoms. The summed E-state index contributed by atoms with van der Waals surface area (Å²) in [6.45, 7) is -2.02. The molecule has 0 aromatic heterocycles. The lowest BCUT2D eigenvalue weighted by molar-refractivity contribution is -0.0498. The van der Waals surface area contributed by atoms with E-state index < -0.39 is 6.61 Å². The van der Waals surface area contributed by atoms with Crippen LogP contribution in [0.25, 0.3) is 0 Å². The van der Waals surface area contributed by atoms with Gasteiger partial charge in [-0.1, -0.05) is 39.7 Å². The van der Waals surface area contributed by atoms with Gasteiger partial charge in [0.2, 0.25) is 0 Å². The zero-order chi connectivity index (χ0) is 16.6. The predicted molar refractivity (Wildman–Crippen MR) is 85.8 cm³/mol. The van der Waals surface area contributed by atoms with Crippen LogP contribution in [0.1, 0.15) is 21.5 Å². The minimum atomic E-state index is -2.85. The van der Waals surface area contributed by atoms with Gasteiger partial charge in [-0.2, -0.15) is 8.78 Å². The number of nitrogens with zero attached hydrogens (tertiary/aromatic N) is 1. The summed E-state index contributed by atoms with van der Waals surface area (Å²) in [6.07, 6.45) is 0. The van der Waals surface area contributed by atoms with Crippen molar-refractivity contribution in [1.82, 2.24) is 4.90 Å². The van der Waals surface area contributed by atoms with E-state index in [2.05, 4.69) is 20.7 Å². The summed E-state index contributed by atoms with van der Waals surface area (Å²) in [5.41, 5.74) is 2.21. The molecule has 0 spiro atoms. The lowest BCUT2D eigenvalue weighted by atomic mass is 10.1. The lowest BCUT2D eigenvalue weighted by Crippen LogP contribution is -2.23. The van der Waals surface area contributed by atoms with Gasteiger partial charge in [0.25, 0.3) is 5.91 Å². The minimum Gasteiger partial charge on any atom is -0.435 e. The first-order valence-electron chi connectivity index (χ1n) is 6.75. The van der Waals surface area contributed by atoms with E-state index in [0.29, 0.717) is 23.7 Å². The minimum absolute atomic E-state index is 0.0896. The molecule has 1 amide bonds. The van der Waals surface area contributed by atoms with Gasteiger partial charge in [0.05, 0.1) is 10.6 Å². The van der Waals surface area contributed by atoms with Crippen molar-refractivity contribution in [1.29, 1.82) is 0 Å². The number of amides is 1. The number of hydrogen-bond acceptors (Lipinski definition) is 2. The molecule has 7 heteroatoms. The molecule has 2 aromatic rings. The van der Waals surface area contributed by atoms with E-state index in [1.54, 1.807) is 23.1 Å². The van der Waals surface area contributed by atoms with Gasteiger partial charge in [0.1, 0.15) is 5.75 Å². The molecule has 3 nitrogen and oxygen atoms in total. The summed E-state index contributed by atoms with van der Waals surface area (Å²) in [6, 6.07) is 9.80. The molecule has 3 rings (SSSR count). The van der Waals surface area contributed by atoms with E-state index >= 15 is 0 Å². The van der Waals surface area contributed by atoms with Gasteiger partial charge in [-0.05, 0) is 35.4 Å². The number of ether oxygens (including phenoxy) is 1. The molecule has 0 unspecified atom stereocenters. The summed E-state index contributed by atoms with van der Waals surface area (Å²) < 4.78 is 29.4. The van der Waals surface area contributed by atoms with Crippen molar-refractivity contribution in [3.8, 4) is 5.75 Å². The normalized spacial score (nSPS) is 13.6. The van der Waals surface area contributed by atoms with E-state index in [0.717, 1.165) is 15.6 Å². The monoisotopic (exact) mass is 401 g/mol. The Balaban J connectivity index is 1.75. The van der Waals surface area contributed by atoms with E-state index in [4.69, 9.17) is 11.6 Å². The molecule has 2 aromatic carbocycles. The van der Waals surface area contributed by atoms with Gasteiger partial charge in [-0.25, -0.2) is 0 Å². The molecule has 0 saturated heterocycles. The van der Waals surface area contributed by atoms with Crippen molar-refractivity contribution >= 4 is 33.4 Å². The second-order valence-electron chi connectivity index (χ2n) is 5.11.